The molecule has 0 fully saturated rings. The van der Waals surface area contributed by atoms with Crippen LogP contribution < -0.4 is 5.32 Å². The number of aliphatic hydroxyl groups is 1. The van der Waals surface area contributed by atoms with Crippen molar-refractivity contribution in [2.75, 3.05) is 6.61 Å². The quantitative estimate of drug-likeness (QED) is 0.815. The number of aryl methyl sites for hydroxylation is 1. The van der Waals surface area contributed by atoms with Crippen molar-refractivity contribution >= 4 is 0 Å². The maximum Gasteiger partial charge on any atom is 0.0968 e. The van der Waals surface area contributed by atoms with Crippen LogP contribution in [0.3, 0.4) is 0 Å². The molecule has 110 valence electrons. The van der Waals surface area contributed by atoms with E-state index in [1.54, 1.807) is 0 Å². The molecule has 1 atom stereocenters. The summed E-state index contributed by atoms with van der Waals surface area (Å²) in [6.45, 7) is 3.26. The van der Waals surface area contributed by atoms with Gasteiger partial charge >= 0.3 is 0 Å². The Morgan fingerprint density at radius 3 is 2.81 bits per heavy atom. The van der Waals surface area contributed by atoms with E-state index >= 15 is 0 Å². The number of benzene rings is 1. The first-order chi connectivity index (χ1) is 10.2. The third-order valence-corrected chi connectivity index (χ3v) is 3.25. The number of aliphatic hydroxyl groups excluding tert-OH is 1. The molecule has 2 rings (SSSR count). The van der Waals surface area contributed by atoms with E-state index in [1.807, 2.05) is 48.1 Å². The molecule has 5 heteroatoms. The van der Waals surface area contributed by atoms with Crippen LogP contribution in [0.25, 0.3) is 11.3 Å². The summed E-state index contributed by atoms with van der Waals surface area (Å²) in [5, 5.41) is 25.6. The van der Waals surface area contributed by atoms with Crippen molar-refractivity contribution in [3.05, 3.63) is 42.1 Å². The Hall–Kier alpha value is -2.16. The van der Waals surface area contributed by atoms with Gasteiger partial charge in [0, 0.05) is 29.9 Å². The van der Waals surface area contributed by atoms with Gasteiger partial charge in [0.05, 0.1) is 31.3 Å². The zero-order valence-electron chi connectivity index (χ0n) is 12.2. The van der Waals surface area contributed by atoms with Crippen molar-refractivity contribution in [1.82, 2.24) is 15.1 Å². The summed E-state index contributed by atoms with van der Waals surface area (Å²) in [6.07, 6.45) is 2.41. The Bertz CT molecular complexity index is 600. The van der Waals surface area contributed by atoms with Crippen LogP contribution in [0.2, 0.25) is 0 Å². The van der Waals surface area contributed by atoms with Crippen molar-refractivity contribution in [3.63, 3.8) is 0 Å². The van der Waals surface area contributed by atoms with Gasteiger partial charge in [-0.3, -0.25) is 4.68 Å². The molecule has 0 aliphatic heterocycles. The van der Waals surface area contributed by atoms with Gasteiger partial charge in [-0.1, -0.05) is 30.3 Å². The summed E-state index contributed by atoms with van der Waals surface area (Å²) in [5.74, 6) is 0. The first-order valence-corrected chi connectivity index (χ1v) is 7.07. The smallest absolute Gasteiger partial charge is 0.0968 e. The van der Waals surface area contributed by atoms with Crippen molar-refractivity contribution in [3.8, 4) is 17.3 Å². The lowest BCUT2D eigenvalue weighted by atomic mass is 10.1. The lowest BCUT2D eigenvalue weighted by molar-refractivity contribution is 0.251. The highest BCUT2D eigenvalue weighted by molar-refractivity contribution is 5.62. The van der Waals surface area contributed by atoms with Gasteiger partial charge in [-0.15, -0.1) is 0 Å². The third kappa shape index (κ3) is 4.15. The second-order valence-corrected chi connectivity index (χ2v) is 5.00. The van der Waals surface area contributed by atoms with Crippen LogP contribution >= 0.6 is 0 Å². The Morgan fingerprint density at radius 2 is 2.14 bits per heavy atom. The van der Waals surface area contributed by atoms with Crippen LogP contribution in [0, 0.1) is 11.3 Å². The van der Waals surface area contributed by atoms with Gasteiger partial charge in [-0.2, -0.15) is 10.4 Å². The fourth-order valence-electron chi connectivity index (χ4n) is 2.06. The lowest BCUT2D eigenvalue weighted by Gasteiger charge is -2.10. The fourth-order valence-corrected chi connectivity index (χ4v) is 2.06. The highest BCUT2D eigenvalue weighted by Gasteiger charge is 2.11. The van der Waals surface area contributed by atoms with Crippen molar-refractivity contribution in [2.45, 2.75) is 32.5 Å². The summed E-state index contributed by atoms with van der Waals surface area (Å²) in [6, 6.07) is 12.2. The third-order valence-electron chi connectivity index (χ3n) is 3.25. The van der Waals surface area contributed by atoms with Crippen molar-refractivity contribution < 1.29 is 5.11 Å². The van der Waals surface area contributed by atoms with Crippen LogP contribution in [-0.2, 0) is 13.1 Å². The summed E-state index contributed by atoms with van der Waals surface area (Å²) >= 11 is 0. The molecule has 0 saturated heterocycles. The predicted molar refractivity (Wildman–Crippen MR) is 81.3 cm³/mol. The zero-order chi connectivity index (χ0) is 15.1. The summed E-state index contributed by atoms with van der Waals surface area (Å²) in [5.41, 5.74) is 3.05. The monoisotopic (exact) mass is 284 g/mol. The molecule has 1 heterocycles. The van der Waals surface area contributed by atoms with E-state index in [2.05, 4.69) is 16.5 Å². The van der Waals surface area contributed by atoms with Crippen LogP contribution in [0.5, 0.6) is 0 Å². The van der Waals surface area contributed by atoms with Crippen LogP contribution in [-0.4, -0.2) is 27.5 Å². The van der Waals surface area contributed by atoms with E-state index in [9.17, 15) is 0 Å². The van der Waals surface area contributed by atoms with Gasteiger partial charge in [0.1, 0.15) is 0 Å². The molecule has 1 aromatic heterocycles. The van der Waals surface area contributed by atoms with E-state index in [-0.39, 0.29) is 12.6 Å². The maximum atomic E-state index is 9.10. The van der Waals surface area contributed by atoms with E-state index in [0.29, 0.717) is 19.5 Å². The predicted octanol–water partition coefficient (Wildman–Crippen LogP) is 1.93. The Labute approximate surface area is 124 Å². The molecule has 0 bridgehead atoms. The number of hydrogen-bond donors (Lipinski definition) is 2. The van der Waals surface area contributed by atoms with Gasteiger partial charge < -0.3 is 10.4 Å². The Morgan fingerprint density at radius 1 is 1.38 bits per heavy atom. The minimum absolute atomic E-state index is 0.0380. The highest BCUT2D eigenvalue weighted by Crippen LogP contribution is 2.22. The molecule has 21 heavy (non-hydrogen) atoms. The number of nitriles is 1. The second kappa shape index (κ2) is 7.58. The molecular weight excluding hydrogens is 264 g/mol. The maximum absolute atomic E-state index is 9.10. The van der Waals surface area contributed by atoms with Crippen LogP contribution in [0.4, 0.5) is 0 Å². The van der Waals surface area contributed by atoms with E-state index in [4.69, 9.17) is 10.4 Å². The van der Waals surface area contributed by atoms with Gasteiger partial charge in [-0.05, 0) is 6.92 Å². The minimum Gasteiger partial charge on any atom is -0.395 e. The molecule has 0 aliphatic carbocycles. The van der Waals surface area contributed by atoms with Gasteiger partial charge in [0.15, 0.2) is 0 Å². The highest BCUT2D eigenvalue weighted by atomic mass is 16.3. The summed E-state index contributed by atoms with van der Waals surface area (Å²) < 4.78 is 1.81. The van der Waals surface area contributed by atoms with Gasteiger partial charge in [-0.25, -0.2) is 0 Å². The average molecular weight is 284 g/mol. The van der Waals surface area contributed by atoms with Gasteiger partial charge in [0.25, 0.3) is 0 Å². The largest absolute Gasteiger partial charge is 0.395 e. The molecule has 2 N–H and O–H groups in total. The number of hydrogen-bond acceptors (Lipinski definition) is 4. The van der Waals surface area contributed by atoms with Crippen molar-refractivity contribution in [1.29, 1.82) is 5.26 Å². The zero-order valence-corrected chi connectivity index (χ0v) is 12.2. The number of aromatic nitrogens is 2. The molecule has 0 radical (unpaired) electrons. The molecule has 0 unspecified atom stereocenters. The number of nitrogens with one attached hydrogen (secondary N) is 1. The second-order valence-electron chi connectivity index (χ2n) is 5.00. The summed E-state index contributed by atoms with van der Waals surface area (Å²) in [7, 11) is 0. The lowest BCUT2D eigenvalue weighted by Crippen LogP contribution is -2.28. The Balaban J connectivity index is 2.23. The van der Waals surface area contributed by atoms with E-state index in [0.717, 1.165) is 16.8 Å². The first-order valence-electron chi connectivity index (χ1n) is 7.07. The molecule has 0 amide bonds. The molecule has 2 aromatic rings. The molecule has 0 spiro atoms. The summed E-state index contributed by atoms with van der Waals surface area (Å²) in [4.78, 5) is 0. The van der Waals surface area contributed by atoms with Crippen molar-refractivity contribution in [2.24, 2.45) is 0 Å². The first kappa shape index (κ1) is 15.2. The van der Waals surface area contributed by atoms with Crippen LogP contribution in [0.15, 0.2) is 36.5 Å². The van der Waals surface area contributed by atoms with E-state index < -0.39 is 0 Å². The van der Waals surface area contributed by atoms with Gasteiger partial charge in [0.2, 0.25) is 0 Å². The topological polar surface area (TPSA) is 73.9 Å². The molecule has 0 aliphatic rings. The molecule has 0 saturated carbocycles. The average Bonchev–Trinajstić information content (AvgIpc) is 2.94. The molecule has 1 aromatic carbocycles. The fraction of sp³-hybridized carbons (Fsp3) is 0.375. The Kier molecular flexibility index (Phi) is 5.50. The minimum atomic E-state index is 0.0380. The number of rotatable bonds is 7. The van der Waals surface area contributed by atoms with Crippen LogP contribution in [0.1, 0.15) is 18.9 Å². The molecule has 5 nitrogen and oxygen atoms in total. The molecular formula is C16H20N4O. The standard InChI is InChI=1S/C16H20N4O/c1-13(12-21)18-10-15-11-20(9-5-8-17)19-16(15)14-6-3-2-4-7-14/h2-4,6-7,11,13,18,21H,5,9-10,12H2,1H3/t13-/m1/s1. The number of nitrogens with zero attached hydrogens (tertiary/aromatic N) is 3. The SMILES string of the molecule is C[C@H](CO)NCc1cn(CCC#N)nc1-c1ccccc1. The normalized spacial score (nSPS) is 12.0. The van der Waals surface area contributed by atoms with E-state index in [1.165, 1.54) is 0 Å².